The molecule has 0 atom stereocenters. The van der Waals surface area contributed by atoms with Crippen molar-refractivity contribution in [1.29, 1.82) is 0 Å². The van der Waals surface area contributed by atoms with Gasteiger partial charge in [-0.1, -0.05) is 30.3 Å². The van der Waals surface area contributed by atoms with E-state index < -0.39 is 6.09 Å². The molecule has 0 saturated heterocycles. The standard InChI is InChI=1S/C15H15BrN2O2/c16-14-10-17-8-6-13(14)7-9-18-15(19)20-11-12-4-2-1-3-5-12/h1-6,8,10H,7,9,11H2,(H,18,19). The van der Waals surface area contributed by atoms with Gasteiger partial charge in [-0.25, -0.2) is 4.79 Å². The maximum Gasteiger partial charge on any atom is 0.407 e. The van der Waals surface area contributed by atoms with Crippen LogP contribution >= 0.6 is 15.9 Å². The maximum absolute atomic E-state index is 11.5. The Labute approximate surface area is 126 Å². The lowest BCUT2D eigenvalue weighted by Crippen LogP contribution is -2.26. The zero-order chi connectivity index (χ0) is 14.2. The van der Waals surface area contributed by atoms with E-state index in [1.807, 2.05) is 36.4 Å². The van der Waals surface area contributed by atoms with Crippen molar-refractivity contribution in [1.82, 2.24) is 10.3 Å². The number of pyridine rings is 1. The van der Waals surface area contributed by atoms with E-state index in [1.54, 1.807) is 12.4 Å². The van der Waals surface area contributed by atoms with Gasteiger partial charge in [-0.3, -0.25) is 4.98 Å². The highest BCUT2D eigenvalue weighted by atomic mass is 79.9. The molecule has 0 fully saturated rings. The Hall–Kier alpha value is -1.88. The highest BCUT2D eigenvalue weighted by Gasteiger charge is 2.03. The van der Waals surface area contributed by atoms with Crippen molar-refractivity contribution >= 4 is 22.0 Å². The maximum atomic E-state index is 11.5. The normalized spacial score (nSPS) is 10.1. The van der Waals surface area contributed by atoms with Gasteiger partial charge in [0.2, 0.25) is 0 Å². The Kier molecular flexibility index (Phi) is 5.55. The third-order valence-electron chi connectivity index (χ3n) is 2.73. The van der Waals surface area contributed by atoms with E-state index in [1.165, 1.54) is 0 Å². The number of benzene rings is 1. The zero-order valence-corrected chi connectivity index (χ0v) is 12.5. The Morgan fingerprint density at radius 3 is 2.80 bits per heavy atom. The summed E-state index contributed by atoms with van der Waals surface area (Å²) in [6.45, 7) is 0.807. The van der Waals surface area contributed by atoms with Gasteiger partial charge in [-0.2, -0.15) is 0 Å². The second-order valence-corrected chi connectivity index (χ2v) is 5.06. The SMILES string of the molecule is O=C(NCCc1ccncc1Br)OCc1ccccc1. The molecular weight excluding hydrogens is 320 g/mol. The number of nitrogens with zero attached hydrogens (tertiary/aromatic N) is 1. The number of nitrogens with one attached hydrogen (secondary N) is 1. The lowest BCUT2D eigenvalue weighted by molar-refractivity contribution is 0.140. The van der Waals surface area contributed by atoms with Gasteiger partial charge in [-0.05, 0) is 39.5 Å². The van der Waals surface area contributed by atoms with Crippen LogP contribution in [-0.2, 0) is 17.8 Å². The van der Waals surface area contributed by atoms with Crippen molar-refractivity contribution in [3.05, 3.63) is 64.4 Å². The minimum Gasteiger partial charge on any atom is -0.445 e. The molecule has 0 radical (unpaired) electrons. The lowest BCUT2D eigenvalue weighted by atomic mass is 10.2. The minimum atomic E-state index is -0.404. The van der Waals surface area contributed by atoms with Crippen LogP contribution in [0.25, 0.3) is 0 Å². The van der Waals surface area contributed by atoms with Gasteiger partial charge in [0.15, 0.2) is 0 Å². The summed E-state index contributed by atoms with van der Waals surface area (Å²) >= 11 is 3.42. The molecule has 1 N–H and O–H groups in total. The number of aromatic nitrogens is 1. The number of alkyl carbamates (subject to hydrolysis) is 1. The van der Waals surface area contributed by atoms with Crippen LogP contribution in [0.5, 0.6) is 0 Å². The van der Waals surface area contributed by atoms with E-state index in [0.717, 1.165) is 22.0 Å². The molecule has 4 nitrogen and oxygen atoms in total. The van der Waals surface area contributed by atoms with E-state index in [9.17, 15) is 4.79 Å². The highest BCUT2D eigenvalue weighted by Crippen LogP contribution is 2.14. The molecule has 1 heterocycles. The van der Waals surface area contributed by atoms with Crippen molar-refractivity contribution in [3.63, 3.8) is 0 Å². The highest BCUT2D eigenvalue weighted by molar-refractivity contribution is 9.10. The summed E-state index contributed by atoms with van der Waals surface area (Å²) in [5, 5.41) is 2.73. The van der Waals surface area contributed by atoms with Crippen molar-refractivity contribution < 1.29 is 9.53 Å². The fourth-order valence-electron chi connectivity index (χ4n) is 1.68. The first-order valence-corrected chi connectivity index (χ1v) is 7.08. The molecule has 20 heavy (non-hydrogen) atoms. The van der Waals surface area contributed by atoms with Crippen molar-refractivity contribution in [2.75, 3.05) is 6.54 Å². The number of carbonyl (C=O) groups excluding carboxylic acids is 1. The topological polar surface area (TPSA) is 51.2 Å². The van der Waals surface area contributed by atoms with Crippen LogP contribution in [0.15, 0.2) is 53.3 Å². The monoisotopic (exact) mass is 334 g/mol. The van der Waals surface area contributed by atoms with E-state index in [4.69, 9.17) is 4.74 Å². The fourth-order valence-corrected chi connectivity index (χ4v) is 2.13. The molecule has 1 amide bonds. The summed E-state index contributed by atoms with van der Waals surface area (Å²) in [6.07, 6.45) is 3.79. The Balaban J connectivity index is 1.69. The smallest absolute Gasteiger partial charge is 0.407 e. The van der Waals surface area contributed by atoms with Crippen molar-refractivity contribution in [2.24, 2.45) is 0 Å². The minimum absolute atomic E-state index is 0.283. The first kappa shape index (κ1) is 14.5. The molecule has 0 saturated carbocycles. The summed E-state index contributed by atoms with van der Waals surface area (Å²) in [4.78, 5) is 15.5. The Morgan fingerprint density at radius 1 is 1.25 bits per heavy atom. The third-order valence-corrected chi connectivity index (χ3v) is 3.45. The molecule has 0 aliphatic carbocycles. The fraction of sp³-hybridized carbons (Fsp3) is 0.200. The first-order valence-electron chi connectivity index (χ1n) is 6.28. The van der Waals surface area contributed by atoms with E-state index in [-0.39, 0.29) is 6.61 Å². The molecule has 5 heteroatoms. The molecule has 104 valence electrons. The van der Waals surface area contributed by atoms with Gasteiger partial charge < -0.3 is 10.1 Å². The quantitative estimate of drug-likeness (QED) is 0.912. The second-order valence-electron chi connectivity index (χ2n) is 4.21. The summed E-state index contributed by atoms with van der Waals surface area (Å²) in [5.41, 5.74) is 2.07. The largest absolute Gasteiger partial charge is 0.445 e. The third kappa shape index (κ3) is 4.66. The summed E-state index contributed by atoms with van der Waals surface area (Å²) < 4.78 is 6.07. The lowest BCUT2D eigenvalue weighted by Gasteiger charge is -2.07. The van der Waals surface area contributed by atoms with Crippen LogP contribution in [0.1, 0.15) is 11.1 Å². The predicted octanol–water partition coefficient (Wildman–Crippen LogP) is 3.31. The van der Waals surface area contributed by atoms with Crippen LogP contribution in [0.3, 0.4) is 0 Å². The summed E-state index contributed by atoms with van der Waals surface area (Å²) in [7, 11) is 0. The average molecular weight is 335 g/mol. The van der Waals surface area contributed by atoms with E-state index in [2.05, 4.69) is 26.2 Å². The zero-order valence-electron chi connectivity index (χ0n) is 10.9. The number of hydrogen-bond donors (Lipinski definition) is 1. The van der Waals surface area contributed by atoms with Crippen molar-refractivity contribution in [2.45, 2.75) is 13.0 Å². The number of hydrogen-bond acceptors (Lipinski definition) is 3. The number of carbonyl (C=O) groups is 1. The molecule has 0 spiro atoms. The van der Waals surface area contributed by atoms with Gasteiger partial charge in [0, 0.05) is 23.4 Å². The van der Waals surface area contributed by atoms with Gasteiger partial charge >= 0.3 is 6.09 Å². The number of rotatable bonds is 5. The van der Waals surface area contributed by atoms with Crippen molar-refractivity contribution in [3.8, 4) is 0 Å². The summed E-state index contributed by atoms with van der Waals surface area (Å²) in [6, 6.07) is 11.5. The predicted molar refractivity (Wildman–Crippen MR) is 80.3 cm³/mol. The van der Waals surface area contributed by atoms with Gasteiger partial charge in [0.25, 0.3) is 0 Å². The number of halogens is 1. The van der Waals surface area contributed by atoms with Crippen LogP contribution in [0.2, 0.25) is 0 Å². The molecule has 0 bridgehead atoms. The van der Waals surface area contributed by atoms with Crippen LogP contribution in [-0.4, -0.2) is 17.6 Å². The molecule has 2 aromatic rings. The molecule has 0 unspecified atom stereocenters. The molecule has 2 rings (SSSR count). The van der Waals surface area contributed by atoms with Gasteiger partial charge in [0.05, 0.1) is 0 Å². The second kappa shape index (κ2) is 7.65. The number of ether oxygens (including phenoxy) is 1. The Morgan fingerprint density at radius 2 is 2.05 bits per heavy atom. The molecule has 1 aromatic heterocycles. The van der Waals surface area contributed by atoms with Gasteiger partial charge in [0.1, 0.15) is 6.61 Å². The number of amides is 1. The van der Waals surface area contributed by atoms with Crippen LogP contribution < -0.4 is 5.32 Å². The summed E-state index contributed by atoms with van der Waals surface area (Å²) in [5.74, 6) is 0. The van der Waals surface area contributed by atoms with Crippen LogP contribution in [0, 0.1) is 0 Å². The van der Waals surface area contributed by atoms with Crippen LogP contribution in [0.4, 0.5) is 4.79 Å². The van der Waals surface area contributed by atoms with E-state index >= 15 is 0 Å². The van der Waals surface area contributed by atoms with E-state index in [0.29, 0.717) is 6.54 Å². The van der Waals surface area contributed by atoms with Gasteiger partial charge in [-0.15, -0.1) is 0 Å². The molecule has 0 aliphatic heterocycles. The first-order chi connectivity index (χ1) is 9.75. The molecule has 1 aromatic carbocycles. The molecule has 0 aliphatic rings. The molecular formula is C15H15BrN2O2. The Bertz CT molecular complexity index is 561. The average Bonchev–Trinajstić information content (AvgIpc) is 2.48.